The van der Waals surface area contributed by atoms with Crippen LogP contribution in [0.3, 0.4) is 0 Å². The molecule has 10 heteroatoms. The van der Waals surface area contributed by atoms with Crippen LogP contribution in [0, 0.1) is 5.92 Å². The van der Waals surface area contributed by atoms with E-state index >= 15 is 0 Å². The van der Waals surface area contributed by atoms with Crippen molar-refractivity contribution >= 4 is 27.6 Å². The molecule has 8 nitrogen and oxygen atoms in total. The molecule has 0 unspecified atom stereocenters. The lowest BCUT2D eigenvalue weighted by atomic mass is 9.98. The molecule has 2 atom stereocenters. The molecular weight excluding hydrogens is 480 g/mol. The van der Waals surface area contributed by atoms with E-state index in [1.165, 1.54) is 4.31 Å². The van der Waals surface area contributed by atoms with E-state index in [0.29, 0.717) is 49.1 Å². The highest BCUT2D eigenvalue weighted by molar-refractivity contribution is 7.89. The van der Waals surface area contributed by atoms with Gasteiger partial charge in [-0.05, 0) is 61.7 Å². The lowest BCUT2D eigenvalue weighted by molar-refractivity contribution is -0.149. The van der Waals surface area contributed by atoms with Crippen LogP contribution in [-0.2, 0) is 24.4 Å². The first-order valence-electron chi connectivity index (χ1n) is 11.3. The molecule has 0 aromatic heterocycles. The second kappa shape index (κ2) is 10.6. The lowest BCUT2D eigenvalue weighted by Crippen LogP contribution is -2.46. The number of rotatable bonds is 7. The van der Waals surface area contributed by atoms with Crippen molar-refractivity contribution in [1.82, 2.24) is 9.37 Å². The minimum atomic E-state index is -3.67. The fourth-order valence-electron chi connectivity index (χ4n) is 4.47. The molecule has 0 spiro atoms. The Labute approximate surface area is 205 Å². The first-order chi connectivity index (χ1) is 16.3. The molecule has 2 aliphatic rings. The summed E-state index contributed by atoms with van der Waals surface area (Å²) < 4.78 is 39.7. The fourth-order valence-corrected chi connectivity index (χ4v) is 6.58. The van der Waals surface area contributed by atoms with Gasteiger partial charge in [-0.1, -0.05) is 23.7 Å². The van der Waals surface area contributed by atoms with Gasteiger partial charge in [0, 0.05) is 25.2 Å². The zero-order valence-electron chi connectivity index (χ0n) is 19.2. The average molecular weight is 509 g/mol. The Hall–Kier alpha value is -2.17. The minimum absolute atomic E-state index is 0.0591. The third-order valence-corrected chi connectivity index (χ3v) is 8.75. The zero-order valence-corrected chi connectivity index (χ0v) is 20.8. The first kappa shape index (κ1) is 24.9. The molecule has 0 aliphatic carbocycles. The minimum Gasteiger partial charge on any atom is -0.466 e. The van der Waals surface area contributed by atoms with Gasteiger partial charge in [0.25, 0.3) is 0 Å². The zero-order chi connectivity index (χ0) is 24.3. The smallest absolute Gasteiger partial charge is 0.309 e. The SMILES string of the molecule is CCOC(=O)C1CCN(S(=O)(=O)[C@@H]2CON(C)[C@@H]2c2cccc(Oc3ccc(Cl)cc3)c2)CC1. The summed E-state index contributed by atoms with van der Waals surface area (Å²) >= 11 is 5.94. The number of sulfonamides is 1. The quantitative estimate of drug-likeness (QED) is 0.522. The van der Waals surface area contributed by atoms with Crippen molar-refractivity contribution in [2.75, 3.05) is 33.4 Å². The second-order valence-corrected chi connectivity index (χ2v) is 11.0. The van der Waals surface area contributed by atoms with E-state index in [1.807, 2.05) is 24.3 Å². The van der Waals surface area contributed by atoms with E-state index in [4.69, 9.17) is 25.9 Å². The molecule has 0 N–H and O–H groups in total. The van der Waals surface area contributed by atoms with E-state index < -0.39 is 21.3 Å². The van der Waals surface area contributed by atoms with E-state index in [0.717, 1.165) is 5.56 Å². The maximum absolute atomic E-state index is 13.6. The molecule has 0 saturated carbocycles. The van der Waals surface area contributed by atoms with E-state index in [-0.39, 0.29) is 18.5 Å². The van der Waals surface area contributed by atoms with Crippen LogP contribution in [0.2, 0.25) is 5.02 Å². The van der Waals surface area contributed by atoms with Crippen LogP contribution in [0.1, 0.15) is 31.4 Å². The topological polar surface area (TPSA) is 85.4 Å². The summed E-state index contributed by atoms with van der Waals surface area (Å²) in [6, 6.07) is 13.9. The van der Waals surface area contributed by atoms with Crippen molar-refractivity contribution in [1.29, 1.82) is 0 Å². The largest absolute Gasteiger partial charge is 0.466 e. The molecule has 184 valence electrons. The lowest BCUT2D eigenvalue weighted by Gasteiger charge is -2.33. The number of piperidine rings is 1. The summed E-state index contributed by atoms with van der Waals surface area (Å²) in [4.78, 5) is 17.7. The van der Waals surface area contributed by atoms with Crippen molar-refractivity contribution in [3.8, 4) is 11.5 Å². The summed E-state index contributed by atoms with van der Waals surface area (Å²) in [6.45, 7) is 2.73. The van der Waals surface area contributed by atoms with Gasteiger partial charge in [0.15, 0.2) is 0 Å². The molecule has 2 fully saturated rings. The summed E-state index contributed by atoms with van der Waals surface area (Å²) in [6.07, 6.45) is 0.910. The van der Waals surface area contributed by atoms with Gasteiger partial charge in [0.05, 0.1) is 25.2 Å². The standard InChI is InChI=1S/C24H29ClN2O6S/c1-3-31-24(28)17-11-13-27(14-12-17)34(29,30)22-16-32-26(2)23(22)18-5-4-6-21(15-18)33-20-9-7-19(25)8-10-20/h4-10,15,17,22-23H,3,11-14,16H2,1-2H3/t22-,23-/m1/s1. The van der Waals surface area contributed by atoms with E-state index in [2.05, 4.69) is 0 Å². The maximum atomic E-state index is 13.6. The van der Waals surface area contributed by atoms with Crippen LogP contribution in [0.15, 0.2) is 48.5 Å². The first-order valence-corrected chi connectivity index (χ1v) is 13.2. The summed E-state index contributed by atoms with van der Waals surface area (Å²) in [7, 11) is -1.93. The molecular formula is C24H29ClN2O6S. The molecule has 0 amide bonds. The van der Waals surface area contributed by atoms with Crippen LogP contribution in [0.4, 0.5) is 0 Å². The van der Waals surface area contributed by atoms with Crippen molar-refractivity contribution < 1.29 is 27.5 Å². The van der Waals surface area contributed by atoms with Crippen LogP contribution in [0.5, 0.6) is 11.5 Å². The molecule has 4 rings (SSSR count). The van der Waals surface area contributed by atoms with Crippen molar-refractivity contribution in [3.05, 3.63) is 59.1 Å². The van der Waals surface area contributed by atoms with Crippen molar-refractivity contribution in [3.63, 3.8) is 0 Å². The summed E-state index contributed by atoms with van der Waals surface area (Å²) in [5.74, 6) is 0.711. The molecule has 2 aromatic rings. The average Bonchev–Trinajstić information content (AvgIpc) is 3.23. The number of halogens is 1. The normalized spacial score (nSPS) is 22.6. The highest BCUT2D eigenvalue weighted by Gasteiger charge is 2.46. The number of esters is 1. The Morgan fingerprint density at radius 2 is 1.82 bits per heavy atom. The second-order valence-electron chi connectivity index (χ2n) is 8.42. The molecule has 2 saturated heterocycles. The Balaban J connectivity index is 1.50. The Bertz CT molecular complexity index is 1100. The van der Waals surface area contributed by atoms with Crippen molar-refractivity contribution in [2.45, 2.75) is 31.1 Å². The van der Waals surface area contributed by atoms with Gasteiger partial charge in [-0.3, -0.25) is 9.63 Å². The number of carbonyl (C=O) groups excluding carboxylic acids is 1. The van der Waals surface area contributed by atoms with Gasteiger partial charge in [-0.25, -0.2) is 12.7 Å². The number of nitrogens with zero attached hydrogens (tertiary/aromatic N) is 2. The number of hydrogen-bond donors (Lipinski definition) is 0. The molecule has 34 heavy (non-hydrogen) atoms. The molecule has 0 bridgehead atoms. The monoisotopic (exact) mass is 508 g/mol. The number of carbonyl (C=O) groups is 1. The molecule has 2 aliphatic heterocycles. The third kappa shape index (κ3) is 5.39. The van der Waals surface area contributed by atoms with E-state index in [1.54, 1.807) is 43.3 Å². The molecule has 2 aromatic carbocycles. The summed E-state index contributed by atoms with van der Waals surface area (Å²) in [5, 5.41) is 1.43. The molecule has 2 heterocycles. The van der Waals surface area contributed by atoms with Crippen LogP contribution in [0.25, 0.3) is 0 Å². The predicted octanol–water partition coefficient (Wildman–Crippen LogP) is 4.02. The van der Waals surface area contributed by atoms with Gasteiger partial charge in [0.1, 0.15) is 16.7 Å². The third-order valence-electron chi connectivity index (χ3n) is 6.25. The Morgan fingerprint density at radius 3 is 2.50 bits per heavy atom. The van der Waals surface area contributed by atoms with Gasteiger partial charge in [0.2, 0.25) is 10.0 Å². The molecule has 0 radical (unpaired) electrons. The number of ether oxygens (including phenoxy) is 2. The van der Waals surface area contributed by atoms with Gasteiger partial charge >= 0.3 is 5.97 Å². The van der Waals surface area contributed by atoms with Crippen LogP contribution in [-0.4, -0.2) is 62.4 Å². The Kier molecular flexibility index (Phi) is 7.79. The van der Waals surface area contributed by atoms with Crippen LogP contribution < -0.4 is 4.74 Å². The van der Waals surface area contributed by atoms with E-state index in [9.17, 15) is 13.2 Å². The van der Waals surface area contributed by atoms with Crippen molar-refractivity contribution in [2.24, 2.45) is 5.92 Å². The Morgan fingerprint density at radius 1 is 1.12 bits per heavy atom. The van der Waals surface area contributed by atoms with Gasteiger partial charge < -0.3 is 9.47 Å². The van der Waals surface area contributed by atoms with Gasteiger partial charge in [-0.15, -0.1) is 0 Å². The summed E-state index contributed by atoms with van der Waals surface area (Å²) in [5.41, 5.74) is 0.779. The number of hydrogen-bond acceptors (Lipinski definition) is 7. The van der Waals surface area contributed by atoms with Crippen LogP contribution >= 0.6 is 11.6 Å². The fraction of sp³-hybridized carbons (Fsp3) is 0.458. The predicted molar refractivity (Wildman–Crippen MR) is 128 cm³/mol. The number of benzene rings is 2. The van der Waals surface area contributed by atoms with Gasteiger partial charge in [-0.2, -0.15) is 5.06 Å². The highest BCUT2D eigenvalue weighted by Crippen LogP contribution is 2.37. The highest BCUT2D eigenvalue weighted by atomic mass is 35.5. The number of hydroxylamine groups is 2. The maximum Gasteiger partial charge on any atom is 0.309 e.